The lowest BCUT2D eigenvalue weighted by Crippen LogP contribution is -2.28. The average molecular weight is 209 g/mol. The number of H-pyrrole nitrogens is 1. The Hall–Kier alpha value is -1.03. The number of hydrogen-bond donors (Lipinski definition) is 2. The molecular formula is C11H19N3O. The third-order valence-electron chi connectivity index (χ3n) is 3.33. The van der Waals surface area contributed by atoms with E-state index in [1.165, 1.54) is 12.8 Å². The van der Waals surface area contributed by atoms with Crippen molar-refractivity contribution in [2.75, 3.05) is 13.1 Å². The van der Waals surface area contributed by atoms with E-state index in [0.717, 1.165) is 36.7 Å². The van der Waals surface area contributed by atoms with Crippen LogP contribution in [0.15, 0.2) is 4.79 Å². The van der Waals surface area contributed by atoms with Gasteiger partial charge in [-0.15, -0.1) is 0 Å². The highest BCUT2D eigenvalue weighted by atomic mass is 16.1. The van der Waals surface area contributed by atoms with Crippen molar-refractivity contribution in [2.24, 2.45) is 13.0 Å². The van der Waals surface area contributed by atoms with Gasteiger partial charge in [-0.3, -0.25) is 14.6 Å². The lowest BCUT2D eigenvalue weighted by atomic mass is 9.92. The van der Waals surface area contributed by atoms with Gasteiger partial charge in [0.25, 0.3) is 5.56 Å². The third kappa shape index (κ3) is 2.15. The predicted molar refractivity (Wildman–Crippen MR) is 60.1 cm³/mol. The van der Waals surface area contributed by atoms with Crippen molar-refractivity contribution in [2.45, 2.75) is 26.2 Å². The summed E-state index contributed by atoms with van der Waals surface area (Å²) in [6.45, 7) is 4.14. The highest BCUT2D eigenvalue weighted by Crippen LogP contribution is 2.17. The summed E-state index contributed by atoms with van der Waals surface area (Å²) < 4.78 is 1.58. The van der Waals surface area contributed by atoms with Crippen LogP contribution in [0.4, 0.5) is 0 Å². The van der Waals surface area contributed by atoms with Crippen LogP contribution >= 0.6 is 0 Å². The highest BCUT2D eigenvalue weighted by molar-refractivity contribution is 5.15. The van der Waals surface area contributed by atoms with Gasteiger partial charge in [-0.25, -0.2) is 0 Å². The molecule has 1 saturated heterocycles. The molecule has 1 aliphatic rings. The van der Waals surface area contributed by atoms with Crippen LogP contribution in [0.2, 0.25) is 0 Å². The minimum Gasteiger partial charge on any atom is -0.317 e. The molecule has 0 radical (unpaired) electrons. The smallest absolute Gasteiger partial charge is 0.269 e. The second-order valence-corrected chi connectivity index (χ2v) is 4.48. The van der Waals surface area contributed by atoms with Crippen molar-refractivity contribution in [3.8, 4) is 0 Å². The molecule has 4 heteroatoms. The van der Waals surface area contributed by atoms with Crippen LogP contribution in [0, 0.1) is 12.8 Å². The van der Waals surface area contributed by atoms with Gasteiger partial charge in [0, 0.05) is 18.3 Å². The Kier molecular flexibility index (Phi) is 2.95. The van der Waals surface area contributed by atoms with E-state index in [0.29, 0.717) is 0 Å². The van der Waals surface area contributed by atoms with E-state index in [-0.39, 0.29) is 5.56 Å². The second kappa shape index (κ2) is 4.23. The Morgan fingerprint density at radius 3 is 2.60 bits per heavy atom. The molecule has 15 heavy (non-hydrogen) atoms. The normalized spacial score (nSPS) is 18.3. The van der Waals surface area contributed by atoms with Gasteiger partial charge < -0.3 is 5.32 Å². The first kappa shape index (κ1) is 10.5. The number of aromatic nitrogens is 2. The maximum Gasteiger partial charge on any atom is 0.269 e. The van der Waals surface area contributed by atoms with Crippen molar-refractivity contribution in [3.05, 3.63) is 21.6 Å². The summed E-state index contributed by atoms with van der Waals surface area (Å²) in [6, 6.07) is 0. The Morgan fingerprint density at radius 1 is 1.40 bits per heavy atom. The highest BCUT2D eigenvalue weighted by Gasteiger charge is 2.16. The van der Waals surface area contributed by atoms with E-state index in [1.807, 2.05) is 6.92 Å². The molecule has 0 spiro atoms. The third-order valence-corrected chi connectivity index (χ3v) is 3.33. The Labute approximate surface area is 89.7 Å². The molecule has 0 aliphatic carbocycles. The van der Waals surface area contributed by atoms with Gasteiger partial charge in [-0.2, -0.15) is 0 Å². The van der Waals surface area contributed by atoms with Gasteiger partial charge in [-0.05, 0) is 45.2 Å². The molecule has 0 aromatic carbocycles. The van der Waals surface area contributed by atoms with Gasteiger partial charge >= 0.3 is 0 Å². The van der Waals surface area contributed by atoms with Crippen LogP contribution < -0.4 is 10.9 Å². The average Bonchev–Trinajstić information content (AvgIpc) is 2.48. The molecule has 84 valence electrons. The standard InChI is InChI=1S/C11H19N3O/c1-8-10(13-14(2)11(8)15)7-9-3-5-12-6-4-9/h9,12-13H,3-7H2,1-2H3. The largest absolute Gasteiger partial charge is 0.317 e. The number of nitrogens with zero attached hydrogens (tertiary/aromatic N) is 1. The first-order valence-electron chi connectivity index (χ1n) is 5.63. The molecular weight excluding hydrogens is 190 g/mol. The van der Waals surface area contributed by atoms with E-state index in [2.05, 4.69) is 10.4 Å². The summed E-state index contributed by atoms with van der Waals surface area (Å²) >= 11 is 0. The van der Waals surface area contributed by atoms with Crippen LogP contribution in [0.25, 0.3) is 0 Å². The van der Waals surface area contributed by atoms with Crippen LogP contribution in [0.1, 0.15) is 24.1 Å². The molecule has 1 aliphatic heterocycles. The fraction of sp³-hybridized carbons (Fsp3) is 0.727. The molecule has 0 saturated carbocycles. The Balaban J connectivity index is 2.09. The molecule has 2 N–H and O–H groups in total. The van der Waals surface area contributed by atoms with Gasteiger partial charge in [0.1, 0.15) is 0 Å². The topological polar surface area (TPSA) is 49.8 Å². The van der Waals surface area contributed by atoms with Crippen LogP contribution in [0.5, 0.6) is 0 Å². The number of aromatic amines is 1. The number of nitrogens with one attached hydrogen (secondary N) is 2. The fourth-order valence-corrected chi connectivity index (χ4v) is 2.29. The Morgan fingerprint density at radius 2 is 2.07 bits per heavy atom. The molecule has 1 fully saturated rings. The molecule has 0 amide bonds. The molecule has 0 atom stereocenters. The molecule has 1 aromatic rings. The number of rotatable bonds is 2. The van der Waals surface area contributed by atoms with Gasteiger partial charge in [0.05, 0.1) is 0 Å². The van der Waals surface area contributed by atoms with Crippen LogP contribution in [-0.2, 0) is 13.5 Å². The molecule has 2 heterocycles. The quantitative estimate of drug-likeness (QED) is 0.748. The number of aryl methyl sites for hydroxylation is 1. The maximum atomic E-state index is 11.6. The summed E-state index contributed by atoms with van der Waals surface area (Å²) in [5.41, 5.74) is 2.12. The molecule has 0 bridgehead atoms. The number of hydrogen-bond acceptors (Lipinski definition) is 2. The second-order valence-electron chi connectivity index (χ2n) is 4.48. The first-order valence-corrected chi connectivity index (χ1v) is 5.63. The van der Waals surface area contributed by atoms with Crippen LogP contribution in [0.3, 0.4) is 0 Å². The zero-order chi connectivity index (χ0) is 10.8. The van der Waals surface area contributed by atoms with E-state index < -0.39 is 0 Å². The van der Waals surface area contributed by atoms with Gasteiger partial charge in [0.15, 0.2) is 0 Å². The minimum atomic E-state index is 0.110. The predicted octanol–water partition coefficient (Wildman–Crippen LogP) is 0.564. The van der Waals surface area contributed by atoms with Gasteiger partial charge in [0.2, 0.25) is 0 Å². The Bertz CT molecular complexity index is 385. The molecule has 2 rings (SSSR count). The monoisotopic (exact) mass is 209 g/mol. The summed E-state index contributed by atoms with van der Waals surface area (Å²) in [7, 11) is 1.78. The van der Waals surface area contributed by atoms with Crippen molar-refractivity contribution < 1.29 is 0 Å². The SMILES string of the molecule is Cc1c(CC2CCNCC2)[nH]n(C)c1=O. The van der Waals surface area contributed by atoms with Crippen molar-refractivity contribution in [1.82, 2.24) is 15.1 Å². The fourth-order valence-electron chi connectivity index (χ4n) is 2.29. The van der Waals surface area contributed by atoms with E-state index in [1.54, 1.807) is 11.7 Å². The van der Waals surface area contributed by atoms with Crippen molar-refractivity contribution in [1.29, 1.82) is 0 Å². The van der Waals surface area contributed by atoms with Crippen LogP contribution in [-0.4, -0.2) is 22.9 Å². The first-order chi connectivity index (χ1) is 7.18. The molecule has 4 nitrogen and oxygen atoms in total. The lowest BCUT2D eigenvalue weighted by molar-refractivity contribution is 0.369. The maximum absolute atomic E-state index is 11.6. The zero-order valence-electron chi connectivity index (χ0n) is 9.47. The summed E-state index contributed by atoms with van der Waals surface area (Å²) in [5.74, 6) is 0.725. The van der Waals surface area contributed by atoms with Gasteiger partial charge in [-0.1, -0.05) is 0 Å². The van der Waals surface area contributed by atoms with Crippen molar-refractivity contribution in [3.63, 3.8) is 0 Å². The lowest BCUT2D eigenvalue weighted by Gasteiger charge is -2.22. The minimum absolute atomic E-state index is 0.110. The van der Waals surface area contributed by atoms with E-state index in [9.17, 15) is 4.79 Å². The van der Waals surface area contributed by atoms with Crippen molar-refractivity contribution >= 4 is 0 Å². The summed E-state index contributed by atoms with van der Waals surface area (Å²) in [5, 5.41) is 6.50. The van der Waals surface area contributed by atoms with E-state index >= 15 is 0 Å². The summed E-state index contributed by atoms with van der Waals surface area (Å²) in [6.07, 6.45) is 3.45. The number of piperidine rings is 1. The molecule has 1 aromatic heterocycles. The molecule has 0 unspecified atom stereocenters. The zero-order valence-corrected chi connectivity index (χ0v) is 9.47. The van der Waals surface area contributed by atoms with E-state index in [4.69, 9.17) is 0 Å². The summed E-state index contributed by atoms with van der Waals surface area (Å²) in [4.78, 5) is 11.6.